The fraction of sp³-hybridized carbons (Fsp3) is 0. The van der Waals surface area contributed by atoms with Crippen LogP contribution in [0.5, 0.6) is 0 Å². The number of nitrogen functional groups attached to an aromatic ring is 1. The molecule has 3 aromatic rings. The third-order valence-electron chi connectivity index (χ3n) is 2.56. The predicted octanol–water partition coefficient (Wildman–Crippen LogP) is 2.02. The fourth-order valence-corrected chi connectivity index (χ4v) is 1.67. The Morgan fingerprint density at radius 1 is 1.05 bits per heavy atom. The highest BCUT2D eigenvalue weighted by atomic mass is 19.2. The van der Waals surface area contributed by atoms with Crippen LogP contribution in [0.15, 0.2) is 18.5 Å². The number of aromatic nitrogens is 4. The maximum Gasteiger partial charge on any atom is 0.194 e. The van der Waals surface area contributed by atoms with Crippen molar-refractivity contribution >= 4 is 17.0 Å². The lowest BCUT2D eigenvalue weighted by molar-refractivity contribution is 0.447. The topological polar surface area (TPSA) is 80.5 Å². The number of H-pyrrole nitrogens is 1. The number of hydrogen-bond acceptors (Lipinski definition) is 4. The van der Waals surface area contributed by atoms with Gasteiger partial charge >= 0.3 is 0 Å². The van der Waals surface area contributed by atoms with E-state index in [1.807, 2.05) is 0 Å². The van der Waals surface area contributed by atoms with Crippen LogP contribution in [0.25, 0.3) is 22.6 Å². The maximum atomic E-state index is 13.2. The molecule has 0 fully saturated rings. The molecule has 0 radical (unpaired) electrons. The van der Waals surface area contributed by atoms with Crippen LogP contribution in [0.4, 0.5) is 19.0 Å². The van der Waals surface area contributed by atoms with Crippen molar-refractivity contribution in [1.29, 1.82) is 0 Å². The molecular weight excluding hydrogens is 259 g/mol. The van der Waals surface area contributed by atoms with Gasteiger partial charge in [-0.15, -0.1) is 0 Å². The lowest BCUT2D eigenvalue weighted by atomic mass is 10.2. The Kier molecular flexibility index (Phi) is 2.37. The molecule has 96 valence electrons. The van der Waals surface area contributed by atoms with E-state index in [4.69, 9.17) is 5.73 Å². The van der Waals surface area contributed by atoms with Crippen LogP contribution in [0.3, 0.4) is 0 Å². The highest BCUT2D eigenvalue weighted by molar-refractivity contribution is 5.83. The second kappa shape index (κ2) is 3.94. The molecule has 8 heteroatoms. The molecule has 19 heavy (non-hydrogen) atoms. The van der Waals surface area contributed by atoms with Crippen molar-refractivity contribution < 1.29 is 13.2 Å². The summed E-state index contributed by atoms with van der Waals surface area (Å²) in [5.41, 5.74) is 6.32. The van der Waals surface area contributed by atoms with Gasteiger partial charge in [-0.1, -0.05) is 0 Å². The largest absolute Gasteiger partial charge is 0.382 e. The van der Waals surface area contributed by atoms with Gasteiger partial charge in [0.15, 0.2) is 34.7 Å². The minimum Gasteiger partial charge on any atom is -0.382 e. The number of aromatic amines is 1. The van der Waals surface area contributed by atoms with Gasteiger partial charge in [0.25, 0.3) is 0 Å². The Morgan fingerprint density at radius 2 is 1.74 bits per heavy atom. The van der Waals surface area contributed by atoms with Gasteiger partial charge < -0.3 is 10.7 Å². The number of anilines is 1. The number of fused-ring (bicyclic) bond motifs is 1. The average molecular weight is 265 g/mol. The number of halogens is 3. The summed E-state index contributed by atoms with van der Waals surface area (Å²) in [6.45, 7) is 0. The molecule has 2 aromatic heterocycles. The first-order chi connectivity index (χ1) is 9.06. The number of benzene rings is 1. The van der Waals surface area contributed by atoms with E-state index >= 15 is 0 Å². The van der Waals surface area contributed by atoms with Crippen LogP contribution in [0.1, 0.15) is 0 Å². The monoisotopic (exact) mass is 265 g/mol. The first-order valence-electron chi connectivity index (χ1n) is 5.18. The van der Waals surface area contributed by atoms with Gasteiger partial charge in [0, 0.05) is 5.56 Å². The Hall–Kier alpha value is -2.64. The number of nitrogens with zero attached hydrogens (tertiary/aromatic N) is 3. The normalized spacial score (nSPS) is 11.1. The van der Waals surface area contributed by atoms with Crippen LogP contribution in [-0.4, -0.2) is 19.9 Å². The third kappa shape index (κ3) is 1.77. The summed E-state index contributed by atoms with van der Waals surface area (Å²) in [6, 6.07) is 1.59. The minimum atomic E-state index is -1.54. The lowest BCUT2D eigenvalue weighted by Crippen LogP contribution is -1.99. The predicted molar refractivity (Wildman–Crippen MR) is 61.4 cm³/mol. The van der Waals surface area contributed by atoms with Gasteiger partial charge in [-0.25, -0.2) is 28.1 Å². The summed E-state index contributed by atoms with van der Waals surface area (Å²) >= 11 is 0. The van der Waals surface area contributed by atoms with Crippen LogP contribution < -0.4 is 5.73 Å². The van der Waals surface area contributed by atoms with Crippen molar-refractivity contribution in [3.63, 3.8) is 0 Å². The standard InChI is InChI=1S/C11H6F3N5/c12-5-1-4(2-6(13)7(5)14)10-18-9(15)8-11(19-10)17-3-16-8/h1-3H,(H3,15,16,17,18,19). The van der Waals surface area contributed by atoms with E-state index in [1.165, 1.54) is 6.33 Å². The van der Waals surface area contributed by atoms with Crippen LogP contribution in [0.2, 0.25) is 0 Å². The van der Waals surface area contributed by atoms with Crippen molar-refractivity contribution in [2.24, 2.45) is 0 Å². The molecule has 3 rings (SSSR count). The number of nitrogens with two attached hydrogens (primary N) is 1. The highest BCUT2D eigenvalue weighted by Crippen LogP contribution is 2.23. The summed E-state index contributed by atoms with van der Waals surface area (Å²) in [7, 11) is 0. The second-order valence-corrected chi connectivity index (χ2v) is 3.79. The van der Waals surface area contributed by atoms with Gasteiger partial charge in [0.1, 0.15) is 5.52 Å². The van der Waals surface area contributed by atoms with Crippen molar-refractivity contribution in [2.75, 3.05) is 5.73 Å². The van der Waals surface area contributed by atoms with Crippen molar-refractivity contribution in [3.8, 4) is 11.4 Å². The minimum absolute atomic E-state index is 0.0204. The molecule has 1 aromatic carbocycles. The number of nitrogens with one attached hydrogen (secondary N) is 1. The molecule has 0 aliphatic heterocycles. The Balaban J connectivity index is 2.24. The molecule has 0 aliphatic rings. The van der Waals surface area contributed by atoms with E-state index in [0.717, 1.165) is 12.1 Å². The van der Waals surface area contributed by atoms with Gasteiger partial charge in [0.2, 0.25) is 0 Å². The van der Waals surface area contributed by atoms with Crippen LogP contribution in [0, 0.1) is 17.5 Å². The summed E-state index contributed by atoms with van der Waals surface area (Å²) in [6.07, 6.45) is 1.37. The SMILES string of the molecule is Nc1nc(-c2cc(F)c(F)c(F)c2)nc2nc[nH]c12. The van der Waals surface area contributed by atoms with E-state index in [9.17, 15) is 13.2 Å². The molecule has 0 spiro atoms. The smallest absolute Gasteiger partial charge is 0.194 e. The number of hydrogen-bond donors (Lipinski definition) is 2. The van der Waals surface area contributed by atoms with Crippen molar-refractivity contribution in [1.82, 2.24) is 19.9 Å². The summed E-state index contributed by atoms with van der Waals surface area (Å²) in [5.74, 6) is -4.13. The zero-order valence-electron chi connectivity index (χ0n) is 9.28. The average Bonchev–Trinajstić information content (AvgIpc) is 2.84. The highest BCUT2D eigenvalue weighted by Gasteiger charge is 2.15. The molecule has 0 aliphatic carbocycles. The van der Waals surface area contributed by atoms with Crippen molar-refractivity contribution in [3.05, 3.63) is 35.9 Å². The van der Waals surface area contributed by atoms with E-state index in [2.05, 4.69) is 19.9 Å². The summed E-state index contributed by atoms with van der Waals surface area (Å²) in [4.78, 5) is 14.5. The quantitative estimate of drug-likeness (QED) is 0.659. The van der Waals surface area contributed by atoms with Crippen LogP contribution in [-0.2, 0) is 0 Å². The lowest BCUT2D eigenvalue weighted by Gasteiger charge is -2.03. The molecule has 0 bridgehead atoms. The fourth-order valence-electron chi connectivity index (χ4n) is 1.67. The molecule has 0 atom stereocenters. The molecule has 2 heterocycles. The molecule has 0 saturated heterocycles. The van der Waals surface area contributed by atoms with Crippen molar-refractivity contribution in [2.45, 2.75) is 0 Å². The van der Waals surface area contributed by atoms with E-state index in [1.54, 1.807) is 0 Å². The van der Waals surface area contributed by atoms with Gasteiger partial charge in [-0.05, 0) is 12.1 Å². The van der Waals surface area contributed by atoms with E-state index in [0.29, 0.717) is 5.52 Å². The van der Waals surface area contributed by atoms with Gasteiger partial charge in [-0.3, -0.25) is 0 Å². The summed E-state index contributed by atoms with van der Waals surface area (Å²) < 4.78 is 39.2. The Morgan fingerprint density at radius 3 is 2.42 bits per heavy atom. The molecule has 0 unspecified atom stereocenters. The molecule has 3 N–H and O–H groups in total. The van der Waals surface area contributed by atoms with E-state index in [-0.39, 0.29) is 22.9 Å². The molecule has 5 nitrogen and oxygen atoms in total. The third-order valence-corrected chi connectivity index (χ3v) is 2.56. The maximum absolute atomic E-state index is 13.2. The van der Waals surface area contributed by atoms with Gasteiger partial charge in [0.05, 0.1) is 6.33 Å². The molecule has 0 amide bonds. The van der Waals surface area contributed by atoms with Gasteiger partial charge in [-0.2, -0.15) is 0 Å². The Bertz CT molecular complexity index is 760. The Labute approximate surface area is 104 Å². The summed E-state index contributed by atoms with van der Waals surface area (Å²) in [5, 5.41) is 0. The first-order valence-corrected chi connectivity index (χ1v) is 5.18. The molecular formula is C11H6F3N5. The van der Waals surface area contributed by atoms with Crippen LogP contribution >= 0.6 is 0 Å². The first kappa shape index (κ1) is 11.5. The zero-order valence-corrected chi connectivity index (χ0v) is 9.28. The number of imidazole rings is 1. The second-order valence-electron chi connectivity index (χ2n) is 3.79. The van der Waals surface area contributed by atoms with E-state index < -0.39 is 17.5 Å². The zero-order chi connectivity index (χ0) is 13.6. The number of rotatable bonds is 1. The molecule has 0 saturated carbocycles.